The molecule has 6 heteroatoms. The number of rotatable bonds is 54. The van der Waals surface area contributed by atoms with Crippen molar-refractivity contribution in [1.29, 1.82) is 0 Å². The predicted octanol–water partition coefficient (Wildman–Crippen LogP) is 20.5. The number of esters is 3. The molecule has 72 heavy (non-hydrogen) atoms. The molecular weight excluding hydrogens is 889 g/mol. The fourth-order valence-corrected chi connectivity index (χ4v) is 8.26. The largest absolute Gasteiger partial charge is 0.462 e. The fraction of sp³-hybridized carbons (Fsp3) is 0.712. The highest BCUT2D eigenvalue weighted by Crippen LogP contribution is 2.14. The fourth-order valence-electron chi connectivity index (χ4n) is 8.26. The van der Waals surface area contributed by atoms with Crippen molar-refractivity contribution >= 4 is 17.9 Å². The topological polar surface area (TPSA) is 78.9 Å². The van der Waals surface area contributed by atoms with Crippen LogP contribution < -0.4 is 0 Å². The molecule has 0 aromatic heterocycles. The second-order valence-corrected chi connectivity index (χ2v) is 19.9. The SMILES string of the molecule is CC/C=C\C/C=C\C/C=C\C/C=C\C/C=C\C/C=C\CCCCCCCCC(=O)OCC(COC(=O)CCCCCCC/C=C\CCCCCCC)OC(=O)CCCCCCC/C=C\CCCCCCCC. The Labute approximate surface area is 445 Å². The second-order valence-electron chi connectivity index (χ2n) is 19.9. The van der Waals surface area contributed by atoms with Crippen molar-refractivity contribution in [3.8, 4) is 0 Å². The smallest absolute Gasteiger partial charge is 0.306 e. The first-order valence-electron chi connectivity index (χ1n) is 30.2. The van der Waals surface area contributed by atoms with E-state index in [4.69, 9.17) is 14.2 Å². The quantitative estimate of drug-likeness (QED) is 0.0261. The van der Waals surface area contributed by atoms with E-state index in [1.165, 1.54) is 116 Å². The van der Waals surface area contributed by atoms with Gasteiger partial charge < -0.3 is 14.2 Å². The van der Waals surface area contributed by atoms with Gasteiger partial charge in [-0.1, -0.05) is 240 Å². The third kappa shape index (κ3) is 57.2. The maximum Gasteiger partial charge on any atom is 0.306 e. The lowest BCUT2D eigenvalue weighted by Crippen LogP contribution is -2.30. The third-order valence-corrected chi connectivity index (χ3v) is 12.8. The van der Waals surface area contributed by atoms with E-state index in [1.54, 1.807) is 0 Å². The van der Waals surface area contributed by atoms with Gasteiger partial charge in [-0.15, -0.1) is 0 Å². The summed E-state index contributed by atoms with van der Waals surface area (Å²) in [5, 5.41) is 0. The number of allylic oxidation sites excluding steroid dienone is 16. The first-order valence-corrected chi connectivity index (χ1v) is 30.2. The van der Waals surface area contributed by atoms with Crippen molar-refractivity contribution in [3.05, 3.63) is 97.2 Å². The molecule has 0 bridgehead atoms. The van der Waals surface area contributed by atoms with Crippen LogP contribution in [0, 0.1) is 0 Å². The Bertz CT molecular complexity index is 1430. The summed E-state index contributed by atoms with van der Waals surface area (Å²) in [6.45, 7) is 6.50. The number of carbonyl (C=O) groups is 3. The second kappa shape index (κ2) is 59.9. The van der Waals surface area contributed by atoms with E-state index >= 15 is 0 Å². The van der Waals surface area contributed by atoms with Crippen LogP contribution in [0.25, 0.3) is 0 Å². The van der Waals surface area contributed by atoms with Crippen LogP contribution in [0.15, 0.2) is 97.2 Å². The van der Waals surface area contributed by atoms with E-state index in [0.717, 1.165) is 128 Å². The van der Waals surface area contributed by atoms with Gasteiger partial charge in [-0.2, -0.15) is 0 Å². The molecule has 0 N–H and O–H groups in total. The summed E-state index contributed by atoms with van der Waals surface area (Å²) in [6, 6.07) is 0. The van der Waals surface area contributed by atoms with Crippen LogP contribution in [-0.4, -0.2) is 37.2 Å². The Kier molecular flexibility index (Phi) is 56.8. The molecule has 0 aromatic carbocycles. The number of hydrogen-bond acceptors (Lipinski definition) is 6. The minimum Gasteiger partial charge on any atom is -0.462 e. The van der Waals surface area contributed by atoms with Crippen LogP contribution in [0.3, 0.4) is 0 Å². The van der Waals surface area contributed by atoms with Gasteiger partial charge in [-0.05, 0) is 122 Å². The average Bonchev–Trinajstić information content (AvgIpc) is 3.38. The molecule has 0 saturated heterocycles. The summed E-state index contributed by atoms with van der Waals surface area (Å²) >= 11 is 0. The van der Waals surface area contributed by atoms with E-state index in [1.807, 2.05) is 0 Å². The van der Waals surface area contributed by atoms with Crippen molar-refractivity contribution in [3.63, 3.8) is 0 Å². The summed E-state index contributed by atoms with van der Waals surface area (Å²) in [5.74, 6) is -0.915. The van der Waals surface area contributed by atoms with Crippen molar-refractivity contribution in [2.75, 3.05) is 13.2 Å². The van der Waals surface area contributed by atoms with Gasteiger partial charge in [0.05, 0.1) is 0 Å². The molecule has 0 spiro atoms. The third-order valence-electron chi connectivity index (χ3n) is 12.8. The monoisotopic (exact) mass is 1000 g/mol. The van der Waals surface area contributed by atoms with E-state index < -0.39 is 6.10 Å². The number of unbranched alkanes of at least 4 members (excludes halogenated alkanes) is 27. The van der Waals surface area contributed by atoms with Gasteiger partial charge in [-0.3, -0.25) is 14.4 Å². The van der Waals surface area contributed by atoms with Crippen molar-refractivity contribution in [1.82, 2.24) is 0 Å². The van der Waals surface area contributed by atoms with Crippen LogP contribution in [0.2, 0.25) is 0 Å². The van der Waals surface area contributed by atoms with E-state index in [2.05, 4.69) is 118 Å². The molecule has 0 saturated carbocycles. The van der Waals surface area contributed by atoms with Crippen molar-refractivity contribution in [2.24, 2.45) is 0 Å². The summed E-state index contributed by atoms with van der Waals surface area (Å²) in [6.07, 6.45) is 79.7. The van der Waals surface area contributed by atoms with Crippen molar-refractivity contribution in [2.45, 2.75) is 290 Å². The minimum absolute atomic E-state index is 0.0895. The maximum atomic E-state index is 12.9. The lowest BCUT2D eigenvalue weighted by Gasteiger charge is -2.18. The Hall–Kier alpha value is -3.67. The molecule has 0 amide bonds. The zero-order chi connectivity index (χ0) is 52.2. The normalized spacial score (nSPS) is 12.8. The summed E-state index contributed by atoms with van der Waals surface area (Å²) in [4.78, 5) is 38.2. The van der Waals surface area contributed by atoms with E-state index in [0.29, 0.717) is 19.3 Å². The molecule has 0 fully saturated rings. The van der Waals surface area contributed by atoms with Crippen LogP contribution >= 0.6 is 0 Å². The Balaban J connectivity index is 4.38. The maximum absolute atomic E-state index is 12.9. The molecule has 0 aromatic rings. The molecular formula is C66H112O6. The lowest BCUT2D eigenvalue weighted by molar-refractivity contribution is -0.167. The summed E-state index contributed by atoms with van der Waals surface area (Å²) in [5.41, 5.74) is 0. The van der Waals surface area contributed by atoms with E-state index in [9.17, 15) is 14.4 Å². The van der Waals surface area contributed by atoms with E-state index in [-0.39, 0.29) is 31.1 Å². The molecule has 1 unspecified atom stereocenters. The molecule has 6 nitrogen and oxygen atoms in total. The van der Waals surface area contributed by atoms with Gasteiger partial charge in [0.25, 0.3) is 0 Å². The molecule has 0 radical (unpaired) electrons. The summed E-state index contributed by atoms with van der Waals surface area (Å²) in [7, 11) is 0. The highest BCUT2D eigenvalue weighted by Gasteiger charge is 2.19. The minimum atomic E-state index is -0.793. The molecule has 412 valence electrons. The van der Waals surface area contributed by atoms with Gasteiger partial charge in [-0.25, -0.2) is 0 Å². The van der Waals surface area contributed by atoms with Crippen LogP contribution in [0.4, 0.5) is 0 Å². The van der Waals surface area contributed by atoms with Gasteiger partial charge >= 0.3 is 17.9 Å². The average molecular weight is 1000 g/mol. The van der Waals surface area contributed by atoms with Crippen LogP contribution in [0.1, 0.15) is 284 Å². The van der Waals surface area contributed by atoms with Gasteiger partial charge in [0, 0.05) is 19.3 Å². The summed E-state index contributed by atoms with van der Waals surface area (Å²) < 4.78 is 16.9. The Morgan fingerprint density at radius 1 is 0.292 bits per heavy atom. The Morgan fingerprint density at radius 3 is 0.861 bits per heavy atom. The standard InChI is InChI=1S/C66H112O6/c1-4-7-10-13-16-19-22-25-28-29-30-31-32-33-34-35-36-37-39-41-44-47-50-53-56-59-65(68)71-62-63(61-70-64(67)58-55-52-49-46-43-40-27-24-21-18-15-12-9-6-3)72-66(69)60-57-54-51-48-45-42-38-26-23-20-17-14-11-8-5-2/h7,10,16,19,24-28,30-31,33-34,36-38,63H,4-6,8-9,11-15,17-18,20-23,29,32,35,39-62H2,1-3H3/b10-7-,19-16-,27-24-,28-25-,31-30-,34-33-,37-36-,38-26-. The van der Waals surface area contributed by atoms with Crippen LogP contribution in [0.5, 0.6) is 0 Å². The number of ether oxygens (including phenoxy) is 3. The predicted molar refractivity (Wildman–Crippen MR) is 311 cm³/mol. The highest BCUT2D eigenvalue weighted by molar-refractivity contribution is 5.71. The van der Waals surface area contributed by atoms with Gasteiger partial charge in [0.15, 0.2) is 6.10 Å². The molecule has 0 heterocycles. The number of hydrogen-bond donors (Lipinski definition) is 0. The molecule has 0 aliphatic carbocycles. The molecule has 0 aliphatic heterocycles. The highest BCUT2D eigenvalue weighted by atomic mass is 16.6. The van der Waals surface area contributed by atoms with Crippen LogP contribution in [-0.2, 0) is 28.6 Å². The molecule has 0 aliphatic rings. The zero-order valence-corrected chi connectivity index (χ0v) is 47.2. The lowest BCUT2D eigenvalue weighted by atomic mass is 10.1. The van der Waals surface area contributed by atoms with Gasteiger partial charge in [0.1, 0.15) is 13.2 Å². The van der Waals surface area contributed by atoms with Gasteiger partial charge in [0.2, 0.25) is 0 Å². The number of carbonyl (C=O) groups excluding carboxylic acids is 3. The molecule has 1 atom stereocenters. The van der Waals surface area contributed by atoms with Crippen molar-refractivity contribution < 1.29 is 28.6 Å². The Morgan fingerprint density at radius 2 is 0.542 bits per heavy atom. The first-order chi connectivity index (χ1) is 35.5. The zero-order valence-electron chi connectivity index (χ0n) is 47.2. The molecule has 0 rings (SSSR count). The first kappa shape index (κ1) is 68.3.